The van der Waals surface area contributed by atoms with Crippen molar-refractivity contribution < 1.29 is 4.74 Å². The lowest BCUT2D eigenvalue weighted by Crippen LogP contribution is -2.30. The molecule has 3 N–H and O–H groups in total. The van der Waals surface area contributed by atoms with Crippen LogP contribution in [0.15, 0.2) is 16.8 Å². The summed E-state index contributed by atoms with van der Waals surface area (Å²) in [7, 11) is 1.70. The molecule has 0 fully saturated rings. The van der Waals surface area contributed by atoms with Crippen molar-refractivity contribution in [1.82, 2.24) is 4.90 Å². The second-order valence-corrected chi connectivity index (χ2v) is 4.46. The minimum Gasteiger partial charge on any atom is -0.388 e. The molecular weight excluding hydrogens is 222 g/mol. The number of hydrogen-bond acceptors (Lipinski definition) is 4. The van der Waals surface area contributed by atoms with Crippen LogP contribution in [0.1, 0.15) is 12.0 Å². The number of methoxy groups -OCH3 is 1. The van der Waals surface area contributed by atoms with Crippen molar-refractivity contribution in [2.24, 2.45) is 5.73 Å². The van der Waals surface area contributed by atoms with Gasteiger partial charge in [-0.15, -0.1) is 0 Å². The van der Waals surface area contributed by atoms with Crippen molar-refractivity contribution in [3.05, 3.63) is 22.4 Å². The lowest BCUT2D eigenvalue weighted by molar-refractivity contribution is 0.146. The molecule has 0 amide bonds. The number of nitrogens with two attached hydrogens (primary N) is 1. The Morgan fingerprint density at radius 2 is 2.38 bits per heavy atom. The minimum atomic E-state index is 0.243. The molecule has 0 spiro atoms. The van der Waals surface area contributed by atoms with Crippen LogP contribution in [0.3, 0.4) is 0 Å². The van der Waals surface area contributed by atoms with Crippen LogP contribution >= 0.6 is 11.3 Å². The summed E-state index contributed by atoms with van der Waals surface area (Å²) in [6, 6.07) is 2.12. The lowest BCUT2D eigenvalue weighted by Gasteiger charge is -2.21. The van der Waals surface area contributed by atoms with Crippen LogP contribution in [-0.4, -0.2) is 37.5 Å². The van der Waals surface area contributed by atoms with E-state index in [4.69, 9.17) is 15.9 Å². The normalized spacial score (nSPS) is 10.9. The summed E-state index contributed by atoms with van der Waals surface area (Å²) in [4.78, 5) is 2.26. The Hall–Kier alpha value is -0.910. The van der Waals surface area contributed by atoms with Crippen molar-refractivity contribution in [1.29, 1.82) is 5.41 Å². The molecule has 1 heterocycles. The van der Waals surface area contributed by atoms with Gasteiger partial charge < -0.3 is 10.5 Å². The number of nitrogens with zero attached hydrogens (tertiary/aromatic N) is 1. The van der Waals surface area contributed by atoms with E-state index in [0.717, 1.165) is 19.6 Å². The van der Waals surface area contributed by atoms with Crippen molar-refractivity contribution >= 4 is 17.2 Å². The van der Waals surface area contributed by atoms with Gasteiger partial charge in [0.05, 0.1) is 12.4 Å². The molecule has 0 saturated heterocycles. The van der Waals surface area contributed by atoms with E-state index < -0.39 is 0 Å². The van der Waals surface area contributed by atoms with Gasteiger partial charge >= 0.3 is 0 Å². The average molecular weight is 241 g/mol. The van der Waals surface area contributed by atoms with E-state index in [9.17, 15) is 0 Å². The first-order chi connectivity index (χ1) is 7.72. The van der Waals surface area contributed by atoms with Gasteiger partial charge in [-0.1, -0.05) is 0 Å². The molecule has 0 aliphatic carbocycles. The van der Waals surface area contributed by atoms with Crippen LogP contribution in [0.25, 0.3) is 0 Å². The van der Waals surface area contributed by atoms with E-state index in [1.165, 1.54) is 5.56 Å². The standard InChI is InChI=1S/C11H19N3OS/c1-15-6-5-14(4-2-11(12)13)8-10-3-7-16-9-10/h3,7,9H,2,4-6,8H2,1H3,(H3,12,13). The molecule has 0 atom stereocenters. The quantitative estimate of drug-likeness (QED) is 0.536. The maximum Gasteiger partial charge on any atom is 0.0918 e. The van der Waals surface area contributed by atoms with Gasteiger partial charge in [-0.2, -0.15) is 11.3 Å². The molecule has 16 heavy (non-hydrogen) atoms. The predicted molar refractivity (Wildman–Crippen MR) is 68.0 cm³/mol. The first kappa shape index (κ1) is 13.2. The zero-order valence-electron chi connectivity index (χ0n) is 9.61. The Kier molecular flexibility index (Phi) is 6.07. The maximum atomic E-state index is 7.24. The molecule has 1 aromatic heterocycles. The van der Waals surface area contributed by atoms with Crippen LogP contribution in [0.5, 0.6) is 0 Å². The Bertz CT molecular complexity index is 300. The molecular formula is C11H19N3OS. The summed E-state index contributed by atoms with van der Waals surface area (Å²) in [5.74, 6) is 0.243. The fourth-order valence-corrected chi connectivity index (χ4v) is 2.07. The minimum absolute atomic E-state index is 0.243. The van der Waals surface area contributed by atoms with E-state index in [-0.39, 0.29) is 5.84 Å². The molecule has 5 heteroatoms. The highest BCUT2D eigenvalue weighted by Gasteiger charge is 2.06. The maximum absolute atomic E-state index is 7.24. The van der Waals surface area contributed by atoms with Crippen LogP contribution < -0.4 is 5.73 Å². The van der Waals surface area contributed by atoms with E-state index in [0.29, 0.717) is 13.0 Å². The van der Waals surface area contributed by atoms with Crippen LogP contribution in [0.4, 0.5) is 0 Å². The van der Waals surface area contributed by atoms with E-state index in [1.807, 2.05) is 0 Å². The van der Waals surface area contributed by atoms with Gasteiger partial charge in [0.25, 0.3) is 0 Å². The third-order valence-electron chi connectivity index (χ3n) is 2.30. The summed E-state index contributed by atoms with van der Waals surface area (Å²) in [6.07, 6.45) is 0.619. The third kappa shape index (κ3) is 5.25. The van der Waals surface area contributed by atoms with Gasteiger partial charge in [0.15, 0.2) is 0 Å². The van der Waals surface area contributed by atoms with Gasteiger partial charge in [0.1, 0.15) is 0 Å². The van der Waals surface area contributed by atoms with Crippen LogP contribution in [0.2, 0.25) is 0 Å². The Morgan fingerprint density at radius 1 is 1.56 bits per heavy atom. The number of thiophene rings is 1. The number of ether oxygens (including phenoxy) is 1. The predicted octanol–water partition coefficient (Wildman–Crippen LogP) is 1.52. The Labute approximate surface area is 101 Å². The van der Waals surface area contributed by atoms with E-state index in [2.05, 4.69) is 21.7 Å². The number of nitrogens with one attached hydrogen (secondary N) is 1. The molecule has 0 aliphatic rings. The Balaban J connectivity index is 2.39. The molecule has 1 aromatic rings. The third-order valence-corrected chi connectivity index (χ3v) is 3.03. The zero-order chi connectivity index (χ0) is 11.8. The van der Waals surface area contributed by atoms with Gasteiger partial charge in [0.2, 0.25) is 0 Å². The Morgan fingerprint density at radius 3 is 2.94 bits per heavy atom. The topological polar surface area (TPSA) is 62.3 Å². The molecule has 0 unspecified atom stereocenters. The molecule has 0 saturated carbocycles. The lowest BCUT2D eigenvalue weighted by atomic mass is 10.3. The van der Waals surface area contributed by atoms with E-state index >= 15 is 0 Å². The van der Waals surface area contributed by atoms with Gasteiger partial charge in [-0.05, 0) is 22.4 Å². The van der Waals surface area contributed by atoms with Crippen molar-refractivity contribution in [3.8, 4) is 0 Å². The SMILES string of the molecule is COCCN(CCC(=N)N)Cc1ccsc1. The van der Waals surface area contributed by atoms with Crippen molar-refractivity contribution in [3.63, 3.8) is 0 Å². The summed E-state index contributed by atoms with van der Waals surface area (Å²) < 4.78 is 5.07. The number of amidine groups is 1. The smallest absolute Gasteiger partial charge is 0.0918 e. The summed E-state index contributed by atoms with van der Waals surface area (Å²) in [5, 5.41) is 11.5. The summed E-state index contributed by atoms with van der Waals surface area (Å²) in [6.45, 7) is 3.30. The zero-order valence-corrected chi connectivity index (χ0v) is 10.4. The molecule has 90 valence electrons. The van der Waals surface area contributed by atoms with Crippen LogP contribution in [-0.2, 0) is 11.3 Å². The molecule has 4 nitrogen and oxygen atoms in total. The summed E-state index contributed by atoms with van der Waals surface area (Å²) >= 11 is 1.70. The van der Waals surface area contributed by atoms with E-state index in [1.54, 1.807) is 18.4 Å². The van der Waals surface area contributed by atoms with Gasteiger partial charge in [0, 0.05) is 33.2 Å². The van der Waals surface area contributed by atoms with Gasteiger partial charge in [-0.3, -0.25) is 10.3 Å². The highest BCUT2D eigenvalue weighted by atomic mass is 32.1. The summed E-state index contributed by atoms with van der Waals surface area (Å²) in [5.41, 5.74) is 6.68. The number of hydrogen-bond donors (Lipinski definition) is 2. The molecule has 0 bridgehead atoms. The molecule has 0 aromatic carbocycles. The first-order valence-corrected chi connectivity index (χ1v) is 6.22. The highest BCUT2D eigenvalue weighted by Crippen LogP contribution is 2.09. The van der Waals surface area contributed by atoms with Crippen molar-refractivity contribution in [2.45, 2.75) is 13.0 Å². The first-order valence-electron chi connectivity index (χ1n) is 5.27. The fourth-order valence-electron chi connectivity index (χ4n) is 1.41. The monoisotopic (exact) mass is 241 g/mol. The van der Waals surface area contributed by atoms with Crippen LogP contribution in [0, 0.1) is 5.41 Å². The van der Waals surface area contributed by atoms with Crippen molar-refractivity contribution in [2.75, 3.05) is 26.8 Å². The fraction of sp³-hybridized carbons (Fsp3) is 0.545. The molecule has 1 rings (SSSR count). The largest absolute Gasteiger partial charge is 0.388 e. The number of rotatable bonds is 8. The second kappa shape index (κ2) is 7.38. The molecule has 0 aliphatic heterocycles. The van der Waals surface area contributed by atoms with Gasteiger partial charge in [-0.25, -0.2) is 0 Å². The highest BCUT2D eigenvalue weighted by molar-refractivity contribution is 7.07. The second-order valence-electron chi connectivity index (χ2n) is 3.68. The molecule has 0 radical (unpaired) electrons. The average Bonchev–Trinajstić information content (AvgIpc) is 2.74.